The average Bonchev–Trinajstić information content (AvgIpc) is 2.38. The molecule has 1 fully saturated rings. The van der Waals surface area contributed by atoms with Crippen LogP contribution in [-0.4, -0.2) is 42.0 Å². The first-order valence-electron chi connectivity index (χ1n) is 5.75. The lowest BCUT2D eigenvalue weighted by atomic mass is 10.1. The second-order valence-corrected chi connectivity index (χ2v) is 4.24. The van der Waals surface area contributed by atoms with Crippen LogP contribution in [-0.2, 0) is 0 Å². The number of nitrogens with zero attached hydrogens (tertiary/aromatic N) is 2. The fourth-order valence-corrected chi connectivity index (χ4v) is 2.03. The Bertz CT molecular complexity index is 408. The fraction of sp³-hybridized carbons (Fsp3) is 0.500. The molecule has 1 aliphatic heterocycles. The van der Waals surface area contributed by atoms with Gasteiger partial charge in [-0.2, -0.15) is 0 Å². The van der Waals surface area contributed by atoms with E-state index in [0.717, 1.165) is 19.4 Å². The normalized spacial score (nSPS) is 20.1. The molecule has 1 aromatic heterocycles. The number of likely N-dealkylation sites (tertiary alicyclic amines) is 1. The van der Waals surface area contributed by atoms with Crippen molar-refractivity contribution in [2.24, 2.45) is 5.73 Å². The molecule has 2 heterocycles. The quantitative estimate of drug-likeness (QED) is 0.817. The average molecular weight is 235 g/mol. The molecule has 17 heavy (non-hydrogen) atoms. The largest absolute Gasteiger partial charge is 0.481 e. The van der Waals surface area contributed by atoms with Crippen LogP contribution in [0.15, 0.2) is 18.3 Å². The molecule has 1 unspecified atom stereocenters. The summed E-state index contributed by atoms with van der Waals surface area (Å²) < 4.78 is 5.01. The number of hydrogen-bond acceptors (Lipinski definition) is 4. The number of carbonyl (C=O) groups is 1. The van der Waals surface area contributed by atoms with Crippen molar-refractivity contribution in [2.75, 3.05) is 20.2 Å². The summed E-state index contributed by atoms with van der Waals surface area (Å²) in [5, 5.41) is 0. The van der Waals surface area contributed by atoms with E-state index in [1.165, 1.54) is 7.11 Å². The van der Waals surface area contributed by atoms with Gasteiger partial charge in [0.2, 0.25) is 5.88 Å². The summed E-state index contributed by atoms with van der Waals surface area (Å²) >= 11 is 0. The highest BCUT2D eigenvalue weighted by Gasteiger charge is 2.22. The smallest absolute Gasteiger partial charge is 0.254 e. The van der Waals surface area contributed by atoms with E-state index in [1.54, 1.807) is 23.2 Å². The minimum atomic E-state index is 0.000787. The molecule has 2 N–H and O–H groups in total. The summed E-state index contributed by atoms with van der Waals surface area (Å²) in [7, 11) is 1.54. The zero-order valence-corrected chi connectivity index (χ0v) is 9.93. The summed E-state index contributed by atoms with van der Waals surface area (Å²) in [6.45, 7) is 1.40. The van der Waals surface area contributed by atoms with Gasteiger partial charge >= 0.3 is 0 Å². The Balaban J connectivity index is 2.12. The summed E-state index contributed by atoms with van der Waals surface area (Å²) in [6.07, 6.45) is 3.54. The van der Waals surface area contributed by atoms with Crippen LogP contribution in [0.2, 0.25) is 0 Å². The molecule has 0 aromatic carbocycles. The number of rotatable bonds is 2. The van der Waals surface area contributed by atoms with E-state index in [4.69, 9.17) is 10.5 Å². The van der Waals surface area contributed by atoms with Gasteiger partial charge in [-0.3, -0.25) is 4.79 Å². The molecule has 1 atom stereocenters. The van der Waals surface area contributed by atoms with Gasteiger partial charge < -0.3 is 15.4 Å². The molecule has 2 rings (SSSR count). The van der Waals surface area contributed by atoms with Crippen LogP contribution in [0.3, 0.4) is 0 Å². The highest BCUT2D eigenvalue weighted by molar-refractivity contribution is 5.94. The van der Waals surface area contributed by atoms with Gasteiger partial charge in [0.15, 0.2) is 0 Å². The van der Waals surface area contributed by atoms with Crippen molar-refractivity contribution in [1.29, 1.82) is 0 Å². The van der Waals surface area contributed by atoms with Gasteiger partial charge in [0.1, 0.15) is 0 Å². The van der Waals surface area contributed by atoms with E-state index in [9.17, 15) is 4.79 Å². The Labute approximate surface area is 101 Å². The fourth-order valence-electron chi connectivity index (χ4n) is 2.03. The molecule has 1 aromatic rings. The van der Waals surface area contributed by atoms with E-state index in [1.807, 2.05) is 0 Å². The minimum Gasteiger partial charge on any atom is -0.481 e. The van der Waals surface area contributed by atoms with Gasteiger partial charge in [0.05, 0.1) is 7.11 Å². The molecule has 0 spiro atoms. The van der Waals surface area contributed by atoms with Crippen LogP contribution < -0.4 is 10.5 Å². The van der Waals surface area contributed by atoms with Crippen molar-refractivity contribution in [3.05, 3.63) is 23.9 Å². The summed E-state index contributed by atoms with van der Waals surface area (Å²) in [5.74, 6) is 0.456. The summed E-state index contributed by atoms with van der Waals surface area (Å²) in [5.41, 5.74) is 6.47. The van der Waals surface area contributed by atoms with Crippen LogP contribution in [0.1, 0.15) is 23.2 Å². The van der Waals surface area contributed by atoms with Crippen LogP contribution in [0, 0.1) is 0 Å². The van der Waals surface area contributed by atoms with Gasteiger partial charge in [-0.1, -0.05) is 0 Å². The van der Waals surface area contributed by atoms with Gasteiger partial charge in [0, 0.05) is 37.0 Å². The van der Waals surface area contributed by atoms with E-state index in [-0.39, 0.29) is 11.9 Å². The SMILES string of the molecule is COc1cc(C(=O)N2CCCC(N)C2)ccn1. The van der Waals surface area contributed by atoms with Gasteiger partial charge in [0.25, 0.3) is 5.91 Å². The molecule has 1 amide bonds. The third kappa shape index (κ3) is 2.74. The minimum absolute atomic E-state index is 0.000787. The van der Waals surface area contributed by atoms with Crippen molar-refractivity contribution in [1.82, 2.24) is 9.88 Å². The van der Waals surface area contributed by atoms with Gasteiger partial charge in [-0.25, -0.2) is 4.98 Å². The molecule has 1 aliphatic rings. The molecule has 5 nitrogen and oxygen atoms in total. The first kappa shape index (κ1) is 11.9. The highest BCUT2D eigenvalue weighted by Crippen LogP contribution is 2.15. The standard InChI is InChI=1S/C12H17N3O2/c1-17-11-7-9(4-5-14-11)12(16)15-6-2-3-10(13)8-15/h4-5,7,10H,2-3,6,8,13H2,1H3. The van der Waals surface area contributed by atoms with E-state index < -0.39 is 0 Å². The zero-order chi connectivity index (χ0) is 12.3. The molecule has 1 saturated heterocycles. The lowest BCUT2D eigenvalue weighted by molar-refractivity contribution is 0.0708. The summed E-state index contributed by atoms with van der Waals surface area (Å²) in [6, 6.07) is 3.45. The molecule has 5 heteroatoms. The third-order valence-corrected chi connectivity index (χ3v) is 2.94. The van der Waals surface area contributed by atoms with Crippen LogP contribution in [0.4, 0.5) is 0 Å². The maximum absolute atomic E-state index is 12.2. The first-order chi connectivity index (χ1) is 8.20. The molecular weight excluding hydrogens is 218 g/mol. The number of aromatic nitrogens is 1. The Hall–Kier alpha value is -1.62. The maximum atomic E-state index is 12.2. The van der Waals surface area contributed by atoms with Gasteiger partial charge in [-0.15, -0.1) is 0 Å². The second kappa shape index (κ2) is 5.14. The Morgan fingerprint density at radius 1 is 1.65 bits per heavy atom. The predicted molar refractivity (Wildman–Crippen MR) is 63.9 cm³/mol. The Morgan fingerprint density at radius 3 is 3.18 bits per heavy atom. The topological polar surface area (TPSA) is 68.5 Å². The number of ether oxygens (including phenoxy) is 1. The molecule has 0 bridgehead atoms. The molecule has 0 radical (unpaired) electrons. The monoisotopic (exact) mass is 235 g/mol. The highest BCUT2D eigenvalue weighted by atomic mass is 16.5. The van der Waals surface area contributed by atoms with Gasteiger partial charge in [-0.05, 0) is 18.9 Å². The molecular formula is C12H17N3O2. The van der Waals surface area contributed by atoms with Crippen molar-refractivity contribution in [3.63, 3.8) is 0 Å². The lowest BCUT2D eigenvalue weighted by Gasteiger charge is -2.30. The number of amides is 1. The van der Waals surface area contributed by atoms with Crippen LogP contribution >= 0.6 is 0 Å². The Kier molecular flexibility index (Phi) is 3.58. The molecule has 92 valence electrons. The Morgan fingerprint density at radius 2 is 2.47 bits per heavy atom. The number of nitrogens with two attached hydrogens (primary N) is 1. The van der Waals surface area contributed by atoms with E-state index in [2.05, 4.69) is 4.98 Å². The second-order valence-electron chi connectivity index (χ2n) is 4.24. The number of hydrogen-bond donors (Lipinski definition) is 1. The van der Waals surface area contributed by atoms with Crippen molar-refractivity contribution < 1.29 is 9.53 Å². The first-order valence-corrected chi connectivity index (χ1v) is 5.75. The van der Waals surface area contributed by atoms with Crippen molar-refractivity contribution in [2.45, 2.75) is 18.9 Å². The van der Waals surface area contributed by atoms with Crippen molar-refractivity contribution in [3.8, 4) is 5.88 Å². The number of pyridine rings is 1. The van der Waals surface area contributed by atoms with Crippen LogP contribution in [0.5, 0.6) is 5.88 Å². The third-order valence-electron chi connectivity index (χ3n) is 2.94. The molecule has 0 saturated carbocycles. The van der Waals surface area contributed by atoms with E-state index >= 15 is 0 Å². The predicted octanol–water partition coefficient (Wildman–Crippen LogP) is 0.653. The van der Waals surface area contributed by atoms with Crippen LogP contribution in [0.25, 0.3) is 0 Å². The number of piperidine rings is 1. The number of carbonyl (C=O) groups excluding carboxylic acids is 1. The van der Waals surface area contributed by atoms with Crippen molar-refractivity contribution >= 4 is 5.91 Å². The lowest BCUT2D eigenvalue weighted by Crippen LogP contribution is -2.45. The molecule has 0 aliphatic carbocycles. The zero-order valence-electron chi connectivity index (χ0n) is 9.93. The maximum Gasteiger partial charge on any atom is 0.254 e. The van der Waals surface area contributed by atoms with E-state index in [0.29, 0.717) is 18.0 Å². The summed E-state index contributed by atoms with van der Waals surface area (Å²) in [4.78, 5) is 18.0. The number of methoxy groups -OCH3 is 1.